The molecular weight excluding hydrogens is 334 g/mol. The van der Waals surface area contributed by atoms with Gasteiger partial charge >= 0.3 is 0 Å². The first-order chi connectivity index (χ1) is 13.2. The molecule has 0 unspecified atom stereocenters. The molecule has 5 nitrogen and oxygen atoms in total. The van der Waals surface area contributed by atoms with Crippen molar-refractivity contribution >= 4 is 5.65 Å². The van der Waals surface area contributed by atoms with Gasteiger partial charge in [0, 0.05) is 11.8 Å². The average Bonchev–Trinajstić information content (AvgIpc) is 2.88. The zero-order valence-corrected chi connectivity index (χ0v) is 15.2. The Morgan fingerprint density at radius 2 is 1.63 bits per heavy atom. The van der Waals surface area contributed by atoms with Crippen LogP contribution in [0.3, 0.4) is 0 Å². The standard InChI is InChI=1S/C22H19N5/c1-16-13-21(18-9-5-3-6-10-18)27-22(20(16)14-23)25-26(17(2)15-24-27)19-11-7-4-8-12-19/h3-13,15,24H,1-2H3. The molecule has 2 heterocycles. The van der Waals surface area contributed by atoms with Gasteiger partial charge in [-0.2, -0.15) is 5.26 Å². The Labute approximate surface area is 157 Å². The first kappa shape index (κ1) is 16.7. The summed E-state index contributed by atoms with van der Waals surface area (Å²) >= 11 is 0. The van der Waals surface area contributed by atoms with Gasteiger partial charge in [0.05, 0.1) is 17.1 Å². The molecule has 5 heteroatoms. The van der Waals surface area contributed by atoms with E-state index in [9.17, 15) is 5.26 Å². The molecule has 0 aliphatic rings. The number of nitrogens with zero attached hydrogens (tertiary/aromatic N) is 4. The molecule has 4 rings (SSSR count). The summed E-state index contributed by atoms with van der Waals surface area (Å²) in [5.41, 5.74) is 5.87. The van der Waals surface area contributed by atoms with Crippen LogP contribution in [0.25, 0.3) is 22.6 Å². The molecule has 27 heavy (non-hydrogen) atoms. The lowest BCUT2D eigenvalue weighted by molar-refractivity contribution is 0.827. The number of rotatable bonds is 2. The van der Waals surface area contributed by atoms with Gasteiger partial charge in [0.15, 0.2) is 5.65 Å². The summed E-state index contributed by atoms with van der Waals surface area (Å²) in [5, 5.41) is 17.9. The summed E-state index contributed by atoms with van der Waals surface area (Å²) in [4.78, 5) is 0. The lowest BCUT2D eigenvalue weighted by atomic mass is 10.1. The SMILES string of the molecule is Cc1cc(-c2ccccc2)n2[nH]cc(C)n(-c3ccccc3)nc2c1C#N. The third-order valence-electron chi connectivity index (χ3n) is 4.54. The van der Waals surface area contributed by atoms with Crippen molar-refractivity contribution in [3.63, 3.8) is 0 Å². The van der Waals surface area contributed by atoms with Crippen LogP contribution in [-0.4, -0.2) is 19.4 Å². The Bertz CT molecular complexity index is 1190. The summed E-state index contributed by atoms with van der Waals surface area (Å²) < 4.78 is 3.72. The molecule has 0 spiro atoms. The molecule has 0 amide bonds. The van der Waals surface area contributed by atoms with Gasteiger partial charge in [-0.15, -0.1) is 5.10 Å². The van der Waals surface area contributed by atoms with E-state index in [-0.39, 0.29) is 0 Å². The number of nitrogens with one attached hydrogen (secondary N) is 1. The lowest BCUT2D eigenvalue weighted by Gasteiger charge is -2.11. The van der Waals surface area contributed by atoms with E-state index in [4.69, 9.17) is 5.10 Å². The molecule has 2 aromatic heterocycles. The Morgan fingerprint density at radius 1 is 0.963 bits per heavy atom. The first-order valence-electron chi connectivity index (χ1n) is 8.74. The Morgan fingerprint density at radius 3 is 2.30 bits per heavy atom. The topological polar surface area (TPSA) is 61.8 Å². The second kappa shape index (κ2) is 6.85. The van der Waals surface area contributed by atoms with Gasteiger partial charge < -0.3 is 0 Å². The van der Waals surface area contributed by atoms with Crippen molar-refractivity contribution in [2.75, 3.05) is 0 Å². The van der Waals surface area contributed by atoms with Crippen LogP contribution in [0.2, 0.25) is 0 Å². The van der Waals surface area contributed by atoms with E-state index in [2.05, 4.69) is 11.2 Å². The highest BCUT2D eigenvalue weighted by molar-refractivity contribution is 5.69. The number of pyridine rings is 1. The van der Waals surface area contributed by atoms with Crippen molar-refractivity contribution in [2.24, 2.45) is 0 Å². The summed E-state index contributed by atoms with van der Waals surface area (Å²) in [6.45, 7) is 3.93. The zero-order chi connectivity index (χ0) is 18.8. The second-order valence-electron chi connectivity index (χ2n) is 6.39. The fraction of sp³-hybridized carbons (Fsp3) is 0.0909. The molecule has 0 aliphatic carbocycles. The van der Waals surface area contributed by atoms with E-state index in [1.54, 1.807) is 0 Å². The number of aryl methyl sites for hydroxylation is 2. The molecule has 1 N–H and O–H groups in total. The van der Waals surface area contributed by atoms with Crippen molar-refractivity contribution in [2.45, 2.75) is 13.8 Å². The van der Waals surface area contributed by atoms with Gasteiger partial charge in [-0.1, -0.05) is 48.5 Å². The van der Waals surface area contributed by atoms with Crippen LogP contribution in [-0.2, 0) is 0 Å². The van der Waals surface area contributed by atoms with Crippen molar-refractivity contribution in [3.8, 4) is 23.0 Å². The van der Waals surface area contributed by atoms with Crippen LogP contribution in [0.5, 0.6) is 0 Å². The number of aromatic nitrogens is 4. The summed E-state index contributed by atoms with van der Waals surface area (Å²) in [5.74, 6) is 0. The molecule has 4 aromatic rings. The maximum Gasteiger partial charge on any atom is 0.190 e. The quantitative estimate of drug-likeness (QED) is 0.566. The smallest absolute Gasteiger partial charge is 0.190 e. The van der Waals surface area contributed by atoms with Crippen LogP contribution in [0.15, 0.2) is 72.9 Å². The normalized spacial score (nSPS) is 10.6. The largest absolute Gasteiger partial charge is 0.298 e. The van der Waals surface area contributed by atoms with Gasteiger partial charge in [-0.25, -0.2) is 9.20 Å². The van der Waals surface area contributed by atoms with Crippen molar-refractivity contribution < 1.29 is 0 Å². The van der Waals surface area contributed by atoms with Gasteiger partial charge in [0.1, 0.15) is 11.6 Å². The summed E-state index contributed by atoms with van der Waals surface area (Å²) in [7, 11) is 0. The van der Waals surface area contributed by atoms with Crippen LogP contribution < -0.4 is 0 Å². The van der Waals surface area contributed by atoms with E-state index in [0.717, 1.165) is 28.2 Å². The highest BCUT2D eigenvalue weighted by Gasteiger charge is 2.13. The van der Waals surface area contributed by atoms with E-state index >= 15 is 0 Å². The molecule has 0 fully saturated rings. The molecule has 0 bridgehead atoms. The Hall–Kier alpha value is -3.78. The predicted molar refractivity (Wildman–Crippen MR) is 106 cm³/mol. The third-order valence-corrected chi connectivity index (χ3v) is 4.54. The maximum atomic E-state index is 9.76. The van der Waals surface area contributed by atoms with Crippen molar-refractivity contribution in [1.29, 1.82) is 5.26 Å². The minimum Gasteiger partial charge on any atom is -0.298 e. The average molecular weight is 353 g/mol. The maximum absolute atomic E-state index is 9.76. The molecule has 132 valence electrons. The number of fused-ring (bicyclic) bond motifs is 1. The number of aromatic amines is 1. The predicted octanol–water partition coefficient (Wildman–Crippen LogP) is 4.73. The van der Waals surface area contributed by atoms with E-state index in [0.29, 0.717) is 11.2 Å². The first-order valence-corrected chi connectivity index (χ1v) is 8.74. The molecule has 0 saturated heterocycles. The zero-order valence-electron chi connectivity index (χ0n) is 15.2. The van der Waals surface area contributed by atoms with Crippen LogP contribution in [0.1, 0.15) is 16.8 Å². The van der Waals surface area contributed by atoms with Crippen LogP contribution in [0.4, 0.5) is 0 Å². The number of hydrogen-bond acceptors (Lipinski definition) is 2. The van der Waals surface area contributed by atoms with Crippen LogP contribution in [0, 0.1) is 25.2 Å². The van der Waals surface area contributed by atoms with Gasteiger partial charge in [0.2, 0.25) is 0 Å². The summed E-state index contributed by atoms with van der Waals surface area (Å²) in [6.07, 6.45) is 1.90. The van der Waals surface area contributed by atoms with Crippen LogP contribution >= 0.6 is 0 Å². The Kier molecular flexibility index (Phi) is 4.23. The minimum absolute atomic E-state index is 0.547. The number of H-pyrrole nitrogens is 1. The highest BCUT2D eigenvalue weighted by atomic mass is 15.4. The third kappa shape index (κ3) is 2.98. The fourth-order valence-corrected chi connectivity index (χ4v) is 3.15. The monoisotopic (exact) mass is 353 g/mol. The molecule has 0 saturated carbocycles. The van der Waals surface area contributed by atoms with Crippen molar-refractivity contribution in [1.82, 2.24) is 19.4 Å². The van der Waals surface area contributed by atoms with E-state index in [1.807, 2.05) is 96.0 Å². The van der Waals surface area contributed by atoms with Crippen molar-refractivity contribution in [3.05, 3.63) is 89.7 Å². The highest BCUT2D eigenvalue weighted by Crippen LogP contribution is 2.24. The van der Waals surface area contributed by atoms with E-state index < -0.39 is 0 Å². The molecule has 0 atom stereocenters. The van der Waals surface area contributed by atoms with E-state index in [1.165, 1.54) is 0 Å². The summed E-state index contributed by atoms with van der Waals surface area (Å²) in [6, 6.07) is 24.3. The number of nitriles is 1. The lowest BCUT2D eigenvalue weighted by Crippen LogP contribution is -2.05. The molecular formula is C22H19N5. The number of hydrogen-bond donors (Lipinski definition) is 1. The second-order valence-corrected chi connectivity index (χ2v) is 6.39. The molecule has 2 aromatic carbocycles. The Balaban J connectivity index is 2.14. The fourth-order valence-electron chi connectivity index (χ4n) is 3.15. The molecule has 0 aliphatic heterocycles. The van der Waals surface area contributed by atoms with Gasteiger partial charge in [-0.3, -0.25) is 5.10 Å². The van der Waals surface area contributed by atoms with Gasteiger partial charge in [-0.05, 0) is 37.6 Å². The van der Waals surface area contributed by atoms with Gasteiger partial charge in [0.25, 0.3) is 0 Å². The number of para-hydroxylation sites is 1. The number of benzene rings is 2. The molecule has 0 radical (unpaired) electrons. The minimum atomic E-state index is 0.547.